The van der Waals surface area contributed by atoms with Crippen molar-refractivity contribution in [1.29, 1.82) is 0 Å². The first kappa shape index (κ1) is 15.8. The summed E-state index contributed by atoms with van der Waals surface area (Å²) in [5.41, 5.74) is 2.54. The first-order valence-corrected chi connectivity index (χ1v) is 8.33. The quantitative estimate of drug-likeness (QED) is 0.680. The van der Waals surface area contributed by atoms with Crippen molar-refractivity contribution < 1.29 is 9.53 Å². The lowest BCUT2D eigenvalue weighted by Gasteiger charge is -2.22. The topological polar surface area (TPSA) is 26.3 Å². The van der Waals surface area contributed by atoms with Crippen LogP contribution in [-0.2, 0) is 9.53 Å². The zero-order valence-corrected chi connectivity index (χ0v) is 14.1. The number of esters is 1. The Morgan fingerprint density at radius 1 is 1.13 bits per heavy atom. The third-order valence-electron chi connectivity index (χ3n) is 4.29. The molecule has 1 unspecified atom stereocenters. The second kappa shape index (κ2) is 6.19. The lowest BCUT2D eigenvalue weighted by Crippen LogP contribution is -2.13. The largest absolute Gasteiger partial charge is 0.453 e. The van der Waals surface area contributed by atoms with Gasteiger partial charge in [0.25, 0.3) is 0 Å². The summed E-state index contributed by atoms with van der Waals surface area (Å²) < 4.78 is 5.73. The van der Waals surface area contributed by atoms with Gasteiger partial charge in [-0.3, -0.25) is 4.79 Å². The molecule has 0 heterocycles. The molecule has 1 aliphatic rings. The van der Waals surface area contributed by atoms with Crippen LogP contribution in [-0.4, -0.2) is 5.97 Å². The summed E-state index contributed by atoms with van der Waals surface area (Å²) in [4.78, 5) is 12.2. The lowest BCUT2D eigenvalue weighted by molar-refractivity contribution is -0.147. The minimum absolute atomic E-state index is 0.111. The molecule has 2 heteroatoms. The van der Waals surface area contributed by atoms with Gasteiger partial charge in [-0.25, -0.2) is 0 Å². The van der Waals surface area contributed by atoms with Crippen LogP contribution in [0.1, 0.15) is 57.3 Å². The Kier molecular flexibility index (Phi) is 4.25. The number of benzene rings is 2. The van der Waals surface area contributed by atoms with E-state index < -0.39 is 0 Å². The molecule has 0 radical (unpaired) electrons. The molecule has 0 aromatic heterocycles. The van der Waals surface area contributed by atoms with Gasteiger partial charge in [0.15, 0.2) is 0 Å². The van der Waals surface area contributed by atoms with Crippen molar-refractivity contribution >= 4 is 22.8 Å². The molecule has 0 spiro atoms. The highest BCUT2D eigenvalue weighted by atomic mass is 16.5. The molecular weight excluding hydrogens is 284 g/mol. The van der Waals surface area contributed by atoms with Gasteiger partial charge < -0.3 is 4.74 Å². The van der Waals surface area contributed by atoms with Crippen LogP contribution in [0.4, 0.5) is 0 Å². The molecule has 0 N–H and O–H groups in total. The average molecular weight is 308 g/mol. The Hall–Kier alpha value is -2.09. The van der Waals surface area contributed by atoms with Crippen molar-refractivity contribution in [2.75, 3.05) is 0 Å². The molecule has 3 rings (SSSR count). The maximum absolute atomic E-state index is 12.2. The molecule has 0 bridgehead atoms. The summed E-state index contributed by atoms with van der Waals surface area (Å²) in [7, 11) is 0. The molecule has 2 nitrogen and oxygen atoms in total. The predicted molar refractivity (Wildman–Crippen MR) is 95.1 cm³/mol. The highest BCUT2D eigenvalue weighted by molar-refractivity contribution is 5.95. The molecule has 0 aliphatic heterocycles. The van der Waals surface area contributed by atoms with Crippen molar-refractivity contribution in [3.05, 3.63) is 53.6 Å². The number of hydrogen-bond donors (Lipinski definition) is 0. The average Bonchev–Trinajstić information content (AvgIpc) is 2.49. The maximum Gasteiger partial charge on any atom is 0.306 e. The van der Waals surface area contributed by atoms with Gasteiger partial charge in [-0.1, -0.05) is 63.2 Å². The summed E-state index contributed by atoms with van der Waals surface area (Å²) >= 11 is 0. The summed E-state index contributed by atoms with van der Waals surface area (Å²) in [5, 5.41) is 2.39. The van der Waals surface area contributed by atoms with Crippen molar-refractivity contribution in [3.8, 4) is 0 Å². The van der Waals surface area contributed by atoms with Crippen LogP contribution in [0, 0.1) is 5.41 Å². The normalized spacial score (nSPS) is 16.6. The van der Waals surface area contributed by atoms with E-state index in [-0.39, 0.29) is 17.5 Å². The molecule has 1 aliphatic carbocycles. The molecule has 1 atom stereocenters. The second-order valence-electron chi connectivity index (χ2n) is 7.48. The van der Waals surface area contributed by atoms with Gasteiger partial charge in [-0.15, -0.1) is 0 Å². The van der Waals surface area contributed by atoms with Crippen LogP contribution in [0.5, 0.6) is 0 Å². The van der Waals surface area contributed by atoms with Gasteiger partial charge in [0.1, 0.15) is 6.10 Å². The molecule has 2 aromatic rings. The molecule has 0 saturated carbocycles. The van der Waals surface area contributed by atoms with Gasteiger partial charge >= 0.3 is 5.97 Å². The van der Waals surface area contributed by atoms with E-state index in [4.69, 9.17) is 4.74 Å². The molecule has 120 valence electrons. The van der Waals surface area contributed by atoms with Crippen LogP contribution in [0.25, 0.3) is 16.8 Å². The van der Waals surface area contributed by atoms with E-state index in [1.807, 2.05) is 12.1 Å². The highest BCUT2D eigenvalue weighted by Crippen LogP contribution is 2.35. The first-order valence-electron chi connectivity index (χ1n) is 8.33. The lowest BCUT2D eigenvalue weighted by atomic mass is 9.90. The van der Waals surface area contributed by atoms with Crippen LogP contribution in [0.3, 0.4) is 0 Å². The molecule has 2 aromatic carbocycles. The van der Waals surface area contributed by atoms with Gasteiger partial charge in [0, 0.05) is 12.0 Å². The Balaban J connectivity index is 1.72. The number of carbonyl (C=O) groups excluding carboxylic acids is 1. The molecule has 23 heavy (non-hydrogen) atoms. The van der Waals surface area contributed by atoms with Gasteiger partial charge in [-0.2, -0.15) is 0 Å². The minimum atomic E-state index is -0.268. The van der Waals surface area contributed by atoms with Crippen LogP contribution in [0.2, 0.25) is 0 Å². The third kappa shape index (κ3) is 3.64. The Bertz CT molecular complexity index is 745. The number of ether oxygens (including phenoxy) is 1. The van der Waals surface area contributed by atoms with Gasteiger partial charge in [0.2, 0.25) is 0 Å². The molecule has 0 fully saturated rings. The van der Waals surface area contributed by atoms with Gasteiger partial charge in [0.05, 0.1) is 0 Å². The van der Waals surface area contributed by atoms with E-state index in [2.05, 4.69) is 57.2 Å². The number of rotatable bonds is 4. The van der Waals surface area contributed by atoms with Crippen LogP contribution >= 0.6 is 0 Å². The van der Waals surface area contributed by atoms with E-state index in [0.717, 1.165) is 18.4 Å². The van der Waals surface area contributed by atoms with E-state index in [1.54, 1.807) is 0 Å². The Labute approximate surface area is 138 Å². The predicted octanol–water partition coefficient (Wildman–Crippen LogP) is 5.67. The van der Waals surface area contributed by atoms with Crippen LogP contribution in [0.15, 0.2) is 42.5 Å². The smallest absolute Gasteiger partial charge is 0.306 e. The van der Waals surface area contributed by atoms with E-state index in [1.165, 1.54) is 16.3 Å². The summed E-state index contributed by atoms with van der Waals surface area (Å²) in [6.07, 6.45) is 6.16. The Morgan fingerprint density at radius 2 is 1.87 bits per heavy atom. The second-order valence-corrected chi connectivity index (χ2v) is 7.48. The minimum Gasteiger partial charge on any atom is -0.453 e. The fraction of sp³-hybridized carbons (Fsp3) is 0.381. The highest BCUT2D eigenvalue weighted by Gasteiger charge is 2.21. The first-order chi connectivity index (χ1) is 10.9. The summed E-state index contributed by atoms with van der Waals surface area (Å²) in [5.74, 6) is -0.111. The zero-order valence-electron chi connectivity index (χ0n) is 14.1. The number of carbonyl (C=O) groups is 1. The summed E-state index contributed by atoms with van der Waals surface area (Å²) in [6, 6.07) is 12.4. The molecule has 0 amide bonds. The van der Waals surface area contributed by atoms with E-state index >= 15 is 0 Å². The fourth-order valence-corrected chi connectivity index (χ4v) is 3.14. The van der Waals surface area contributed by atoms with E-state index in [9.17, 15) is 4.79 Å². The zero-order chi connectivity index (χ0) is 16.4. The van der Waals surface area contributed by atoms with Crippen molar-refractivity contribution in [2.45, 2.75) is 46.1 Å². The Morgan fingerprint density at radius 3 is 2.61 bits per heavy atom. The monoisotopic (exact) mass is 308 g/mol. The van der Waals surface area contributed by atoms with E-state index in [0.29, 0.717) is 6.42 Å². The molecule has 0 saturated heterocycles. The van der Waals surface area contributed by atoms with Crippen molar-refractivity contribution in [3.63, 3.8) is 0 Å². The fourth-order valence-electron chi connectivity index (χ4n) is 3.14. The summed E-state index contributed by atoms with van der Waals surface area (Å²) in [6.45, 7) is 6.58. The standard InChI is InChI=1S/C21H24O2/c1-21(2,3)14-6-11-19(22)23-18-13-12-16-8-4-7-15-9-5-10-17(18)20(15)16/h4-5,7-10,12-13,18H,6,11,14H2,1-3H3. The molecular formula is C21H24O2. The SMILES string of the molecule is CC(C)(C)CCCC(=O)OC1C=Cc2cccc3cccc1c23. The van der Waals surface area contributed by atoms with Gasteiger partial charge in [-0.05, 0) is 40.7 Å². The van der Waals surface area contributed by atoms with Crippen molar-refractivity contribution in [2.24, 2.45) is 5.41 Å². The number of hydrogen-bond acceptors (Lipinski definition) is 2. The van der Waals surface area contributed by atoms with Crippen LogP contribution < -0.4 is 0 Å². The van der Waals surface area contributed by atoms with Crippen molar-refractivity contribution in [1.82, 2.24) is 0 Å². The third-order valence-corrected chi connectivity index (χ3v) is 4.29. The maximum atomic E-state index is 12.2.